The van der Waals surface area contributed by atoms with Crippen molar-refractivity contribution in [3.63, 3.8) is 0 Å². The number of fused-ring (bicyclic) bond motifs is 1. The molecule has 0 amide bonds. The molecule has 0 unspecified atom stereocenters. The van der Waals surface area contributed by atoms with E-state index in [9.17, 15) is 8.42 Å². The Bertz CT molecular complexity index is 1070. The molecule has 4 heteroatoms. The van der Waals surface area contributed by atoms with Gasteiger partial charge in [0.25, 0.3) is 10.0 Å². The molecule has 0 atom stereocenters. The van der Waals surface area contributed by atoms with Gasteiger partial charge in [0.2, 0.25) is 0 Å². The first-order valence-corrected chi connectivity index (χ1v) is 9.12. The van der Waals surface area contributed by atoms with E-state index in [-0.39, 0.29) is 4.90 Å². The Balaban J connectivity index is 2.03. The van der Waals surface area contributed by atoms with E-state index >= 15 is 0 Å². The van der Waals surface area contributed by atoms with Crippen LogP contribution in [0.1, 0.15) is 16.7 Å². The Kier molecular flexibility index (Phi) is 3.36. The molecule has 3 aromatic carbocycles. The average molecular weight is 333 g/mol. The highest BCUT2D eigenvalue weighted by Gasteiger charge is 2.31. The molecule has 0 aromatic heterocycles. The quantitative estimate of drug-likeness (QED) is 0.705. The van der Waals surface area contributed by atoms with Gasteiger partial charge in [0.1, 0.15) is 0 Å². The van der Waals surface area contributed by atoms with Crippen LogP contribution < -0.4 is 0 Å². The van der Waals surface area contributed by atoms with Crippen LogP contribution in [0.3, 0.4) is 0 Å². The topological polar surface area (TPSA) is 46.5 Å². The minimum absolute atomic E-state index is 0.280. The van der Waals surface area contributed by atoms with E-state index in [2.05, 4.69) is 4.40 Å². The lowest BCUT2D eigenvalue weighted by atomic mass is 9.90. The van der Waals surface area contributed by atoms with Crippen LogP contribution in [0.15, 0.2) is 82.1 Å². The van der Waals surface area contributed by atoms with Gasteiger partial charge in [-0.2, -0.15) is 12.8 Å². The first-order chi connectivity index (χ1) is 11.6. The molecule has 0 saturated heterocycles. The van der Waals surface area contributed by atoms with Crippen molar-refractivity contribution in [3.8, 4) is 11.1 Å². The van der Waals surface area contributed by atoms with Crippen molar-refractivity contribution < 1.29 is 8.42 Å². The van der Waals surface area contributed by atoms with Crippen molar-refractivity contribution in [2.45, 2.75) is 11.8 Å². The summed E-state index contributed by atoms with van der Waals surface area (Å²) in [5.41, 5.74) is 5.10. The zero-order chi connectivity index (χ0) is 16.7. The second kappa shape index (κ2) is 5.42. The highest BCUT2D eigenvalue weighted by molar-refractivity contribution is 7.90. The molecule has 1 heterocycles. The van der Waals surface area contributed by atoms with Crippen molar-refractivity contribution in [1.82, 2.24) is 0 Å². The molecule has 0 radical (unpaired) electrons. The zero-order valence-electron chi connectivity index (χ0n) is 13.1. The van der Waals surface area contributed by atoms with E-state index in [4.69, 9.17) is 0 Å². The van der Waals surface area contributed by atoms with Gasteiger partial charge in [-0.15, -0.1) is 0 Å². The third-order valence-electron chi connectivity index (χ3n) is 4.23. The summed E-state index contributed by atoms with van der Waals surface area (Å²) in [7, 11) is -3.63. The summed E-state index contributed by atoms with van der Waals surface area (Å²) in [5.74, 6) is 0. The molecule has 0 fully saturated rings. The maximum Gasteiger partial charge on any atom is 0.283 e. The summed E-state index contributed by atoms with van der Waals surface area (Å²) in [5, 5.41) is 0. The number of hydrogen-bond donors (Lipinski definition) is 0. The molecule has 118 valence electrons. The van der Waals surface area contributed by atoms with Crippen LogP contribution in [0.25, 0.3) is 11.1 Å². The average Bonchev–Trinajstić information content (AvgIpc) is 2.87. The lowest BCUT2D eigenvalue weighted by Crippen LogP contribution is -2.05. The zero-order valence-corrected chi connectivity index (χ0v) is 13.9. The van der Waals surface area contributed by atoms with Crippen molar-refractivity contribution in [2.75, 3.05) is 0 Å². The molecule has 1 aliphatic heterocycles. The van der Waals surface area contributed by atoms with Gasteiger partial charge >= 0.3 is 0 Å². The summed E-state index contributed by atoms with van der Waals surface area (Å²) in [4.78, 5) is 0.280. The molecule has 0 spiro atoms. The molecule has 4 rings (SSSR count). The number of aryl methyl sites for hydroxylation is 1. The minimum atomic E-state index is -3.63. The van der Waals surface area contributed by atoms with Crippen molar-refractivity contribution in [1.29, 1.82) is 0 Å². The molecule has 3 aromatic rings. The Morgan fingerprint density at radius 3 is 2.21 bits per heavy atom. The largest absolute Gasteiger partial charge is 0.283 e. The molecule has 0 aliphatic carbocycles. The molecule has 0 saturated carbocycles. The van der Waals surface area contributed by atoms with E-state index in [1.807, 2.05) is 67.6 Å². The van der Waals surface area contributed by atoms with E-state index in [0.717, 1.165) is 22.3 Å². The van der Waals surface area contributed by atoms with Gasteiger partial charge in [0, 0.05) is 11.1 Å². The second-order valence-electron chi connectivity index (χ2n) is 5.77. The maximum absolute atomic E-state index is 12.4. The summed E-state index contributed by atoms with van der Waals surface area (Å²) in [6, 6.07) is 22.9. The monoisotopic (exact) mass is 333 g/mol. The fourth-order valence-electron chi connectivity index (χ4n) is 3.13. The van der Waals surface area contributed by atoms with Crippen molar-refractivity contribution in [3.05, 3.63) is 89.5 Å². The van der Waals surface area contributed by atoms with E-state index in [0.29, 0.717) is 11.3 Å². The fourth-order valence-corrected chi connectivity index (χ4v) is 4.35. The summed E-state index contributed by atoms with van der Waals surface area (Å²) in [6.07, 6.45) is 0. The van der Waals surface area contributed by atoms with Crippen molar-refractivity contribution >= 4 is 15.7 Å². The van der Waals surface area contributed by atoms with Gasteiger partial charge in [0.15, 0.2) is 0 Å². The second-order valence-corrected chi connectivity index (χ2v) is 7.35. The fraction of sp³-hybridized carbons (Fsp3) is 0.0500. The van der Waals surface area contributed by atoms with E-state index in [1.165, 1.54) is 0 Å². The number of hydrogen-bond acceptors (Lipinski definition) is 2. The van der Waals surface area contributed by atoms with Gasteiger partial charge in [-0.3, -0.25) is 0 Å². The highest BCUT2D eigenvalue weighted by Crippen LogP contribution is 2.34. The Hall–Kier alpha value is -2.72. The highest BCUT2D eigenvalue weighted by atomic mass is 32.2. The molecule has 1 aliphatic rings. The third kappa shape index (κ3) is 2.27. The minimum Gasteiger partial charge on any atom is -0.199 e. The van der Waals surface area contributed by atoms with E-state index in [1.54, 1.807) is 12.1 Å². The number of nitrogens with zero attached hydrogens (tertiary/aromatic N) is 1. The van der Waals surface area contributed by atoms with Crippen molar-refractivity contribution in [2.24, 2.45) is 4.40 Å². The Labute approximate surface area is 141 Å². The predicted octanol–water partition coefficient (Wildman–Crippen LogP) is 4.20. The maximum atomic E-state index is 12.4. The van der Waals surface area contributed by atoms with Crippen LogP contribution in [0.4, 0.5) is 0 Å². The van der Waals surface area contributed by atoms with Crippen LogP contribution in [0, 0.1) is 6.92 Å². The normalized spacial score (nSPS) is 15.0. The smallest absolute Gasteiger partial charge is 0.199 e. The summed E-state index contributed by atoms with van der Waals surface area (Å²) < 4.78 is 28.9. The Morgan fingerprint density at radius 1 is 0.750 bits per heavy atom. The molecular formula is C20H15NO2S. The molecule has 3 nitrogen and oxygen atoms in total. The van der Waals surface area contributed by atoms with Gasteiger partial charge in [-0.05, 0) is 29.7 Å². The van der Waals surface area contributed by atoms with Gasteiger partial charge < -0.3 is 0 Å². The van der Waals surface area contributed by atoms with Gasteiger partial charge in [-0.1, -0.05) is 66.7 Å². The first kappa shape index (κ1) is 14.8. The predicted molar refractivity (Wildman–Crippen MR) is 95.9 cm³/mol. The number of sulfonamides is 1. The standard InChI is InChI=1S/C20H15NO2S/c1-14-8-7-12-16(15-9-3-2-4-10-15)19(14)20-17-11-5-6-13-18(17)24(22,23)21-20/h2-13H,1H3. The lowest BCUT2D eigenvalue weighted by Gasteiger charge is -2.13. The molecule has 0 N–H and O–H groups in total. The summed E-state index contributed by atoms with van der Waals surface area (Å²) >= 11 is 0. The Morgan fingerprint density at radius 2 is 1.42 bits per heavy atom. The van der Waals surface area contributed by atoms with E-state index < -0.39 is 10.0 Å². The SMILES string of the molecule is Cc1cccc(-c2ccccc2)c1C1=NS(=O)(=O)c2ccccc21. The molecule has 0 bridgehead atoms. The molecule has 24 heavy (non-hydrogen) atoms. The third-order valence-corrected chi connectivity index (χ3v) is 5.56. The van der Waals surface area contributed by atoms with Crippen LogP contribution in [-0.4, -0.2) is 14.1 Å². The lowest BCUT2D eigenvalue weighted by molar-refractivity contribution is 0.599. The number of rotatable bonds is 2. The van der Waals surface area contributed by atoms with Crippen LogP contribution in [0.5, 0.6) is 0 Å². The van der Waals surface area contributed by atoms with Gasteiger partial charge in [0.05, 0.1) is 10.6 Å². The first-order valence-electron chi connectivity index (χ1n) is 7.68. The summed E-state index contributed by atoms with van der Waals surface area (Å²) in [6.45, 7) is 1.98. The van der Waals surface area contributed by atoms with Crippen LogP contribution >= 0.6 is 0 Å². The van der Waals surface area contributed by atoms with Crippen LogP contribution in [0.2, 0.25) is 0 Å². The van der Waals surface area contributed by atoms with Gasteiger partial charge in [-0.25, -0.2) is 0 Å². The van der Waals surface area contributed by atoms with Crippen LogP contribution in [-0.2, 0) is 10.0 Å². The number of benzene rings is 3. The molecular weight excluding hydrogens is 318 g/mol.